The van der Waals surface area contributed by atoms with Gasteiger partial charge in [0.2, 0.25) is 0 Å². The second-order valence-electron chi connectivity index (χ2n) is 6.80. The molecule has 1 aromatic carbocycles. The van der Waals surface area contributed by atoms with Crippen LogP contribution in [-0.4, -0.2) is 63.3 Å². The Morgan fingerprint density at radius 3 is 2.62 bits per heavy atom. The van der Waals surface area contributed by atoms with Gasteiger partial charge in [-0.3, -0.25) is 9.89 Å². The van der Waals surface area contributed by atoms with E-state index in [9.17, 15) is 8.78 Å². The molecule has 1 unspecified atom stereocenters. The first-order valence-electron chi connectivity index (χ1n) is 9.22. The predicted molar refractivity (Wildman–Crippen MR) is 100 cm³/mol. The highest BCUT2D eigenvalue weighted by Gasteiger charge is 2.23. The molecule has 1 heterocycles. The Morgan fingerprint density at radius 1 is 1.23 bits per heavy atom. The Balaban J connectivity index is 1.81. The van der Waals surface area contributed by atoms with Crippen LogP contribution in [0.1, 0.15) is 19.4 Å². The number of ether oxygens (including phenoxy) is 1. The van der Waals surface area contributed by atoms with Gasteiger partial charge in [-0.1, -0.05) is 26.0 Å². The summed E-state index contributed by atoms with van der Waals surface area (Å²) in [6, 6.07) is 4.64. The molecule has 0 aromatic heterocycles. The van der Waals surface area contributed by atoms with Crippen molar-refractivity contribution >= 4 is 5.96 Å². The number of morpholine rings is 1. The summed E-state index contributed by atoms with van der Waals surface area (Å²) in [5.41, 5.74) is 0.362. The van der Waals surface area contributed by atoms with Crippen molar-refractivity contribution in [3.8, 4) is 0 Å². The van der Waals surface area contributed by atoms with Gasteiger partial charge < -0.3 is 15.4 Å². The van der Waals surface area contributed by atoms with Gasteiger partial charge in [0.1, 0.15) is 0 Å². The molecular formula is C19H30F2N4O. The molecule has 1 aliphatic rings. The lowest BCUT2D eigenvalue weighted by Crippen LogP contribution is -2.52. The van der Waals surface area contributed by atoms with Gasteiger partial charge in [0, 0.05) is 39.3 Å². The van der Waals surface area contributed by atoms with Crippen molar-refractivity contribution in [2.45, 2.75) is 26.3 Å². The summed E-state index contributed by atoms with van der Waals surface area (Å²) in [6.07, 6.45) is 0.390. The molecule has 1 aliphatic heterocycles. The fraction of sp³-hybridized carbons (Fsp3) is 0.632. The van der Waals surface area contributed by atoms with E-state index < -0.39 is 11.6 Å². The second-order valence-corrected chi connectivity index (χ2v) is 6.80. The molecule has 0 spiro atoms. The average Bonchev–Trinajstić information content (AvgIpc) is 2.64. The lowest BCUT2D eigenvalue weighted by molar-refractivity contribution is 0.00752. The summed E-state index contributed by atoms with van der Waals surface area (Å²) in [7, 11) is 1.71. The van der Waals surface area contributed by atoms with Gasteiger partial charge in [-0.25, -0.2) is 8.78 Å². The topological polar surface area (TPSA) is 48.9 Å². The summed E-state index contributed by atoms with van der Waals surface area (Å²) in [6.45, 7) is 9.10. The first kappa shape index (κ1) is 20.6. The number of nitrogens with zero attached hydrogens (tertiary/aromatic N) is 2. The number of aliphatic imine (C=N–C) groups is 1. The zero-order valence-electron chi connectivity index (χ0n) is 15.9. The SMILES string of the molecule is CN=C(NCCc1cccc(F)c1F)NCC(C(C)C)N1CCOCC1. The van der Waals surface area contributed by atoms with Gasteiger partial charge in [0.05, 0.1) is 13.2 Å². The van der Waals surface area contributed by atoms with Crippen LogP contribution in [0.4, 0.5) is 8.78 Å². The van der Waals surface area contributed by atoms with E-state index in [-0.39, 0.29) is 0 Å². The van der Waals surface area contributed by atoms with E-state index in [2.05, 4.69) is 34.4 Å². The van der Waals surface area contributed by atoms with E-state index in [0.29, 0.717) is 36.4 Å². The van der Waals surface area contributed by atoms with Crippen LogP contribution in [0.2, 0.25) is 0 Å². The summed E-state index contributed by atoms with van der Waals surface area (Å²) in [4.78, 5) is 6.66. The standard InChI is InChI=1S/C19H30F2N4O/c1-14(2)17(25-9-11-26-12-10-25)13-24-19(22-3)23-8-7-15-5-4-6-16(20)18(15)21/h4-6,14,17H,7-13H2,1-3H3,(H2,22,23,24). The average molecular weight is 368 g/mol. The van der Waals surface area contributed by atoms with Gasteiger partial charge >= 0.3 is 0 Å². The molecule has 146 valence electrons. The first-order valence-corrected chi connectivity index (χ1v) is 9.22. The minimum atomic E-state index is -0.810. The van der Waals surface area contributed by atoms with Crippen molar-refractivity contribution < 1.29 is 13.5 Å². The smallest absolute Gasteiger partial charge is 0.191 e. The quantitative estimate of drug-likeness (QED) is 0.571. The van der Waals surface area contributed by atoms with Crippen LogP contribution < -0.4 is 10.6 Å². The zero-order valence-corrected chi connectivity index (χ0v) is 15.9. The van der Waals surface area contributed by atoms with Crippen LogP contribution in [0, 0.1) is 17.6 Å². The maximum absolute atomic E-state index is 13.7. The minimum Gasteiger partial charge on any atom is -0.379 e. The number of rotatable bonds is 7. The Hall–Kier alpha value is -1.73. The highest BCUT2D eigenvalue weighted by molar-refractivity contribution is 5.79. The Labute approximate surface area is 154 Å². The van der Waals surface area contributed by atoms with E-state index in [1.54, 1.807) is 13.1 Å². The summed E-state index contributed by atoms with van der Waals surface area (Å²) >= 11 is 0. The van der Waals surface area contributed by atoms with Crippen LogP contribution in [0.3, 0.4) is 0 Å². The summed E-state index contributed by atoms with van der Waals surface area (Å²) in [5, 5.41) is 6.52. The molecule has 7 heteroatoms. The molecule has 5 nitrogen and oxygen atoms in total. The summed E-state index contributed by atoms with van der Waals surface area (Å²) < 4.78 is 32.4. The number of guanidine groups is 1. The molecular weight excluding hydrogens is 338 g/mol. The molecule has 1 atom stereocenters. The van der Waals surface area contributed by atoms with Crippen LogP contribution >= 0.6 is 0 Å². The second kappa shape index (κ2) is 10.4. The van der Waals surface area contributed by atoms with Gasteiger partial charge in [0.25, 0.3) is 0 Å². The molecule has 0 amide bonds. The van der Waals surface area contributed by atoms with Gasteiger partial charge in [-0.15, -0.1) is 0 Å². The largest absolute Gasteiger partial charge is 0.379 e. The lowest BCUT2D eigenvalue weighted by atomic mass is 10.0. The fourth-order valence-electron chi connectivity index (χ4n) is 3.17. The molecule has 1 saturated heterocycles. The maximum Gasteiger partial charge on any atom is 0.191 e. The highest BCUT2D eigenvalue weighted by atomic mass is 19.2. The fourth-order valence-corrected chi connectivity index (χ4v) is 3.17. The molecule has 2 rings (SSSR count). The molecule has 1 fully saturated rings. The third kappa shape index (κ3) is 5.92. The predicted octanol–water partition coefficient (Wildman–Crippen LogP) is 2.03. The maximum atomic E-state index is 13.7. The third-order valence-corrected chi connectivity index (χ3v) is 4.70. The van der Waals surface area contributed by atoms with Gasteiger partial charge in [0.15, 0.2) is 17.6 Å². The normalized spacial score (nSPS) is 17.4. The molecule has 0 saturated carbocycles. The number of nitrogens with one attached hydrogen (secondary N) is 2. The Kier molecular flexibility index (Phi) is 8.25. The van der Waals surface area contributed by atoms with Crippen molar-refractivity contribution in [2.24, 2.45) is 10.9 Å². The van der Waals surface area contributed by atoms with Gasteiger partial charge in [-0.05, 0) is 24.0 Å². The van der Waals surface area contributed by atoms with E-state index in [1.807, 2.05) is 0 Å². The van der Waals surface area contributed by atoms with E-state index in [1.165, 1.54) is 6.07 Å². The monoisotopic (exact) mass is 368 g/mol. The first-order chi connectivity index (χ1) is 12.5. The van der Waals surface area contributed by atoms with E-state index in [0.717, 1.165) is 38.9 Å². The van der Waals surface area contributed by atoms with Gasteiger partial charge in [-0.2, -0.15) is 0 Å². The Morgan fingerprint density at radius 2 is 1.96 bits per heavy atom. The molecule has 0 aliphatic carbocycles. The van der Waals surface area contributed by atoms with Crippen molar-refractivity contribution in [3.05, 3.63) is 35.4 Å². The number of halogens is 2. The molecule has 0 bridgehead atoms. The number of hydrogen-bond donors (Lipinski definition) is 2. The summed E-state index contributed by atoms with van der Waals surface area (Å²) in [5.74, 6) is -0.416. The third-order valence-electron chi connectivity index (χ3n) is 4.70. The van der Waals surface area contributed by atoms with Crippen molar-refractivity contribution in [1.82, 2.24) is 15.5 Å². The highest BCUT2D eigenvalue weighted by Crippen LogP contribution is 2.13. The minimum absolute atomic E-state index is 0.362. The molecule has 2 N–H and O–H groups in total. The van der Waals surface area contributed by atoms with Crippen LogP contribution in [0.5, 0.6) is 0 Å². The van der Waals surface area contributed by atoms with Crippen molar-refractivity contribution in [2.75, 3.05) is 46.4 Å². The Bertz CT molecular complexity index is 589. The van der Waals surface area contributed by atoms with E-state index in [4.69, 9.17) is 4.74 Å². The van der Waals surface area contributed by atoms with Crippen LogP contribution in [0.15, 0.2) is 23.2 Å². The van der Waals surface area contributed by atoms with Crippen molar-refractivity contribution in [1.29, 1.82) is 0 Å². The van der Waals surface area contributed by atoms with Crippen LogP contribution in [-0.2, 0) is 11.2 Å². The zero-order chi connectivity index (χ0) is 18.9. The lowest BCUT2D eigenvalue weighted by Gasteiger charge is -2.37. The number of benzene rings is 1. The molecule has 0 radical (unpaired) electrons. The van der Waals surface area contributed by atoms with Crippen molar-refractivity contribution in [3.63, 3.8) is 0 Å². The molecule has 26 heavy (non-hydrogen) atoms. The number of hydrogen-bond acceptors (Lipinski definition) is 3. The van der Waals surface area contributed by atoms with E-state index >= 15 is 0 Å². The van der Waals surface area contributed by atoms with Crippen LogP contribution in [0.25, 0.3) is 0 Å². The molecule has 1 aromatic rings.